The van der Waals surface area contributed by atoms with Gasteiger partial charge in [0.15, 0.2) is 0 Å². The summed E-state index contributed by atoms with van der Waals surface area (Å²) in [6.45, 7) is 0.944. The molecule has 0 amide bonds. The van der Waals surface area contributed by atoms with Crippen LogP contribution in [-0.2, 0) is 0 Å². The number of nitrogens with one attached hydrogen (secondary N) is 1. The molecule has 0 aromatic heterocycles. The summed E-state index contributed by atoms with van der Waals surface area (Å²) in [5, 5.41) is 3.34. The van der Waals surface area contributed by atoms with Crippen molar-refractivity contribution in [3.63, 3.8) is 0 Å². The van der Waals surface area contributed by atoms with E-state index < -0.39 is 0 Å². The molecule has 0 saturated heterocycles. The molecule has 1 fully saturated rings. The number of nitrogens with zero attached hydrogens (tertiary/aromatic N) is 1. The second kappa shape index (κ2) is 2.87. The van der Waals surface area contributed by atoms with Crippen molar-refractivity contribution in [1.82, 2.24) is 0 Å². The standard InChI is InChI=1S/C12H15FN2/c1-15-11-4-3-9(13)7-10(11)14-8-12(15)5-2-6-12/h3-4,7,14H,2,5-6,8H2,1H3. The summed E-state index contributed by atoms with van der Waals surface area (Å²) in [7, 11) is 2.12. The fourth-order valence-electron chi connectivity index (χ4n) is 2.67. The van der Waals surface area contributed by atoms with Crippen LogP contribution in [0.1, 0.15) is 19.3 Å². The third-order valence-electron chi connectivity index (χ3n) is 3.92. The molecule has 1 aromatic rings. The highest BCUT2D eigenvalue weighted by atomic mass is 19.1. The Morgan fingerprint density at radius 3 is 2.87 bits per heavy atom. The van der Waals surface area contributed by atoms with Crippen molar-refractivity contribution < 1.29 is 4.39 Å². The number of rotatable bonds is 0. The van der Waals surface area contributed by atoms with Crippen molar-refractivity contribution in [1.29, 1.82) is 0 Å². The monoisotopic (exact) mass is 206 g/mol. The summed E-state index contributed by atoms with van der Waals surface area (Å²) in [6.07, 6.45) is 3.79. The number of hydrogen-bond donors (Lipinski definition) is 1. The Morgan fingerprint density at radius 2 is 2.20 bits per heavy atom. The first kappa shape index (κ1) is 9.01. The maximum Gasteiger partial charge on any atom is 0.125 e. The molecule has 1 saturated carbocycles. The maximum absolute atomic E-state index is 13.1. The third kappa shape index (κ3) is 1.15. The number of halogens is 1. The van der Waals surface area contributed by atoms with Crippen molar-refractivity contribution in [2.75, 3.05) is 23.8 Å². The zero-order valence-corrected chi connectivity index (χ0v) is 8.89. The zero-order chi connectivity index (χ0) is 10.5. The number of anilines is 2. The van der Waals surface area contributed by atoms with Gasteiger partial charge in [-0.05, 0) is 37.5 Å². The SMILES string of the molecule is CN1c2ccc(F)cc2NCC12CCC2. The molecule has 0 unspecified atom stereocenters. The molecule has 3 rings (SSSR count). The van der Waals surface area contributed by atoms with E-state index in [1.165, 1.54) is 25.3 Å². The largest absolute Gasteiger partial charge is 0.381 e. The molecule has 2 aliphatic rings. The van der Waals surface area contributed by atoms with E-state index in [2.05, 4.69) is 17.3 Å². The van der Waals surface area contributed by atoms with E-state index >= 15 is 0 Å². The van der Waals surface area contributed by atoms with Crippen LogP contribution >= 0.6 is 0 Å². The number of benzene rings is 1. The third-order valence-corrected chi connectivity index (χ3v) is 3.92. The first-order valence-electron chi connectivity index (χ1n) is 5.49. The highest BCUT2D eigenvalue weighted by Gasteiger charge is 2.43. The molecule has 80 valence electrons. The Balaban J connectivity index is 2.02. The predicted octanol–water partition coefficient (Wildman–Crippen LogP) is 2.61. The van der Waals surface area contributed by atoms with Gasteiger partial charge in [0, 0.05) is 13.6 Å². The van der Waals surface area contributed by atoms with E-state index in [4.69, 9.17) is 0 Å². The second-order valence-electron chi connectivity index (χ2n) is 4.65. The molecule has 1 heterocycles. The van der Waals surface area contributed by atoms with Gasteiger partial charge in [0.2, 0.25) is 0 Å². The molecule has 3 heteroatoms. The van der Waals surface area contributed by atoms with Gasteiger partial charge in [-0.15, -0.1) is 0 Å². The van der Waals surface area contributed by atoms with Gasteiger partial charge in [-0.3, -0.25) is 0 Å². The van der Waals surface area contributed by atoms with Crippen LogP contribution in [0.5, 0.6) is 0 Å². The van der Waals surface area contributed by atoms with Gasteiger partial charge in [-0.25, -0.2) is 4.39 Å². The molecule has 1 aliphatic heterocycles. The van der Waals surface area contributed by atoms with Crippen LogP contribution in [-0.4, -0.2) is 19.1 Å². The van der Waals surface area contributed by atoms with Crippen molar-refractivity contribution in [2.24, 2.45) is 0 Å². The fourth-order valence-corrected chi connectivity index (χ4v) is 2.67. The zero-order valence-electron chi connectivity index (χ0n) is 8.89. The highest BCUT2D eigenvalue weighted by Crippen LogP contribution is 2.45. The lowest BCUT2D eigenvalue weighted by atomic mass is 9.74. The molecule has 1 aromatic carbocycles. The van der Waals surface area contributed by atoms with E-state index in [1.54, 1.807) is 6.07 Å². The summed E-state index contributed by atoms with van der Waals surface area (Å²) in [4.78, 5) is 2.32. The van der Waals surface area contributed by atoms with Crippen molar-refractivity contribution in [2.45, 2.75) is 24.8 Å². The first-order chi connectivity index (χ1) is 7.21. The van der Waals surface area contributed by atoms with Crippen LogP contribution < -0.4 is 10.2 Å². The van der Waals surface area contributed by atoms with Gasteiger partial charge in [0.05, 0.1) is 16.9 Å². The van der Waals surface area contributed by atoms with Crippen molar-refractivity contribution >= 4 is 11.4 Å². The molecule has 1 N–H and O–H groups in total. The average molecular weight is 206 g/mol. The summed E-state index contributed by atoms with van der Waals surface area (Å²) in [5.74, 6) is -0.167. The van der Waals surface area contributed by atoms with Crippen molar-refractivity contribution in [3.8, 4) is 0 Å². The number of likely N-dealkylation sites (N-methyl/N-ethyl adjacent to an activating group) is 1. The van der Waals surface area contributed by atoms with Crippen LogP contribution in [0.25, 0.3) is 0 Å². The van der Waals surface area contributed by atoms with Crippen LogP contribution in [0.15, 0.2) is 18.2 Å². The Kier molecular flexibility index (Phi) is 1.73. The molecule has 0 radical (unpaired) electrons. The molecular formula is C12H15FN2. The van der Waals surface area contributed by atoms with Gasteiger partial charge in [-0.2, -0.15) is 0 Å². The lowest BCUT2D eigenvalue weighted by Crippen LogP contribution is -2.59. The molecule has 1 aliphatic carbocycles. The minimum Gasteiger partial charge on any atom is -0.381 e. The molecule has 2 nitrogen and oxygen atoms in total. The molecule has 0 bridgehead atoms. The Labute approximate surface area is 89.1 Å². The van der Waals surface area contributed by atoms with Gasteiger partial charge in [0.25, 0.3) is 0 Å². The van der Waals surface area contributed by atoms with Gasteiger partial charge >= 0.3 is 0 Å². The van der Waals surface area contributed by atoms with Gasteiger partial charge < -0.3 is 10.2 Å². The highest BCUT2D eigenvalue weighted by molar-refractivity contribution is 5.73. The molecule has 0 atom stereocenters. The van der Waals surface area contributed by atoms with E-state index in [-0.39, 0.29) is 5.82 Å². The number of fused-ring (bicyclic) bond motifs is 1. The van der Waals surface area contributed by atoms with E-state index in [1.807, 2.05) is 6.07 Å². The fraction of sp³-hybridized carbons (Fsp3) is 0.500. The maximum atomic E-state index is 13.1. The number of hydrogen-bond acceptors (Lipinski definition) is 2. The molecule has 1 spiro atoms. The summed E-state index contributed by atoms with van der Waals surface area (Å²) < 4.78 is 13.1. The Morgan fingerprint density at radius 1 is 1.40 bits per heavy atom. The lowest BCUT2D eigenvalue weighted by Gasteiger charge is -2.53. The quantitative estimate of drug-likeness (QED) is 0.702. The lowest BCUT2D eigenvalue weighted by molar-refractivity contribution is 0.248. The predicted molar refractivity (Wildman–Crippen MR) is 59.9 cm³/mol. The van der Waals surface area contributed by atoms with Gasteiger partial charge in [0.1, 0.15) is 5.82 Å². The normalized spacial score (nSPS) is 21.9. The van der Waals surface area contributed by atoms with Crippen LogP contribution in [0.4, 0.5) is 15.8 Å². The van der Waals surface area contributed by atoms with E-state index in [0.717, 1.165) is 17.9 Å². The summed E-state index contributed by atoms with van der Waals surface area (Å²) >= 11 is 0. The van der Waals surface area contributed by atoms with Crippen LogP contribution in [0.3, 0.4) is 0 Å². The topological polar surface area (TPSA) is 15.3 Å². The smallest absolute Gasteiger partial charge is 0.125 e. The first-order valence-corrected chi connectivity index (χ1v) is 5.49. The summed E-state index contributed by atoms with van der Waals surface area (Å²) in [6, 6.07) is 4.99. The Bertz CT molecular complexity index is 399. The van der Waals surface area contributed by atoms with E-state index in [9.17, 15) is 4.39 Å². The molecule has 15 heavy (non-hydrogen) atoms. The minimum atomic E-state index is -0.167. The second-order valence-corrected chi connectivity index (χ2v) is 4.65. The van der Waals surface area contributed by atoms with Gasteiger partial charge in [-0.1, -0.05) is 0 Å². The minimum absolute atomic E-state index is 0.167. The van der Waals surface area contributed by atoms with E-state index in [0.29, 0.717) is 5.54 Å². The molecular weight excluding hydrogens is 191 g/mol. The average Bonchev–Trinajstić information content (AvgIpc) is 2.15. The van der Waals surface area contributed by atoms with Crippen LogP contribution in [0, 0.1) is 5.82 Å². The van der Waals surface area contributed by atoms with Crippen LogP contribution in [0.2, 0.25) is 0 Å². The summed E-state index contributed by atoms with van der Waals surface area (Å²) in [5.41, 5.74) is 2.35. The van der Waals surface area contributed by atoms with Crippen molar-refractivity contribution in [3.05, 3.63) is 24.0 Å². The Hall–Kier alpha value is -1.25.